The topological polar surface area (TPSA) is 59.9 Å². The van der Waals surface area contributed by atoms with Crippen LogP contribution in [-0.4, -0.2) is 28.1 Å². The lowest BCUT2D eigenvalue weighted by Gasteiger charge is -2.10. The van der Waals surface area contributed by atoms with Gasteiger partial charge in [-0.05, 0) is 19.8 Å². The van der Waals surface area contributed by atoms with Crippen LogP contribution in [0, 0.1) is 5.92 Å². The van der Waals surface area contributed by atoms with Gasteiger partial charge in [0.25, 0.3) is 0 Å². The second-order valence-corrected chi connectivity index (χ2v) is 4.37. The molecule has 0 bridgehead atoms. The molecule has 0 saturated carbocycles. The third-order valence-corrected chi connectivity index (χ3v) is 1.82. The van der Waals surface area contributed by atoms with Crippen LogP contribution in [0.4, 0.5) is 5.95 Å². The molecule has 1 N–H and O–H groups in total. The zero-order chi connectivity index (χ0) is 12.1. The molecule has 0 spiro atoms. The number of hydrogen-bond acceptors (Lipinski definition) is 5. The smallest absolute Gasteiger partial charge is 0.321 e. The Morgan fingerprint density at radius 2 is 1.81 bits per heavy atom. The van der Waals surface area contributed by atoms with Crippen molar-refractivity contribution in [1.82, 2.24) is 15.0 Å². The van der Waals surface area contributed by atoms with E-state index in [0.717, 1.165) is 12.2 Å². The molecule has 1 aromatic heterocycles. The lowest BCUT2D eigenvalue weighted by atomic mass is 10.1. The molecule has 0 atom stereocenters. The van der Waals surface area contributed by atoms with E-state index in [4.69, 9.17) is 4.74 Å². The van der Waals surface area contributed by atoms with Crippen molar-refractivity contribution in [3.05, 3.63) is 5.82 Å². The second-order valence-electron chi connectivity index (χ2n) is 4.37. The highest BCUT2D eigenvalue weighted by Gasteiger charge is 2.09. The van der Waals surface area contributed by atoms with Gasteiger partial charge < -0.3 is 10.1 Å². The van der Waals surface area contributed by atoms with E-state index in [-0.39, 0.29) is 6.10 Å². The fourth-order valence-electron chi connectivity index (χ4n) is 1.23. The molecule has 0 radical (unpaired) electrons. The number of hydrogen-bond donors (Lipinski definition) is 1. The van der Waals surface area contributed by atoms with Gasteiger partial charge in [-0.25, -0.2) is 0 Å². The quantitative estimate of drug-likeness (QED) is 0.827. The molecule has 90 valence electrons. The predicted octanol–water partition coefficient (Wildman–Crippen LogP) is 1.90. The summed E-state index contributed by atoms with van der Waals surface area (Å²) in [6.07, 6.45) is 0.894. The lowest BCUT2D eigenvalue weighted by Crippen LogP contribution is -2.13. The maximum absolute atomic E-state index is 5.48. The second kappa shape index (κ2) is 5.63. The molecule has 1 aromatic rings. The van der Waals surface area contributed by atoms with E-state index >= 15 is 0 Å². The molecular weight excluding hydrogens is 204 g/mol. The van der Waals surface area contributed by atoms with E-state index in [9.17, 15) is 0 Å². The Hall–Kier alpha value is -1.39. The molecule has 0 aliphatic carbocycles. The fraction of sp³-hybridized carbons (Fsp3) is 0.727. The van der Waals surface area contributed by atoms with Crippen molar-refractivity contribution in [3.63, 3.8) is 0 Å². The van der Waals surface area contributed by atoms with Crippen molar-refractivity contribution in [2.75, 3.05) is 12.4 Å². The Morgan fingerprint density at radius 1 is 1.12 bits per heavy atom. The molecule has 16 heavy (non-hydrogen) atoms. The van der Waals surface area contributed by atoms with E-state index in [2.05, 4.69) is 34.1 Å². The van der Waals surface area contributed by atoms with Crippen LogP contribution < -0.4 is 10.1 Å². The van der Waals surface area contributed by atoms with E-state index in [1.165, 1.54) is 0 Å². The van der Waals surface area contributed by atoms with Crippen molar-refractivity contribution in [2.24, 2.45) is 5.92 Å². The maximum atomic E-state index is 5.48. The van der Waals surface area contributed by atoms with Crippen molar-refractivity contribution in [3.8, 4) is 6.01 Å². The monoisotopic (exact) mass is 224 g/mol. The standard InChI is InChI=1S/C11H20N4O/c1-7(2)6-9-13-10(12-5)15-11(14-9)16-8(3)4/h7-8H,6H2,1-5H3,(H,12,13,14,15). The molecule has 0 saturated heterocycles. The molecular formula is C11H20N4O. The van der Waals surface area contributed by atoms with Gasteiger partial charge in [-0.3, -0.25) is 0 Å². The van der Waals surface area contributed by atoms with E-state index in [1.54, 1.807) is 7.05 Å². The average Bonchev–Trinajstić information content (AvgIpc) is 2.14. The zero-order valence-corrected chi connectivity index (χ0v) is 10.6. The first kappa shape index (κ1) is 12.7. The number of aromatic nitrogens is 3. The van der Waals surface area contributed by atoms with Crippen LogP contribution >= 0.6 is 0 Å². The molecule has 1 heterocycles. The highest BCUT2D eigenvalue weighted by atomic mass is 16.5. The number of rotatable bonds is 5. The zero-order valence-electron chi connectivity index (χ0n) is 10.6. The average molecular weight is 224 g/mol. The molecule has 1 rings (SSSR count). The van der Waals surface area contributed by atoms with Gasteiger partial charge in [-0.2, -0.15) is 15.0 Å². The molecule has 0 aliphatic rings. The Balaban J connectivity index is 2.91. The summed E-state index contributed by atoms with van der Waals surface area (Å²) >= 11 is 0. The Morgan fingerprint density at radius 3 is 2.31 bits per heavy atom. The molecule has 0 fully saturated rings. The Bertz CT molecular complexity index is 311. The summed E-state index contributed by atoms with van der Waals surface area (Å²) in [6, 6.07) is 0.394. The molecule has 0 unspecified atom stereocenters. The number of anilines is 1. The van der Waals surface area contributed by atoms with Gasteiger partial charge in [0.1, 0.15) is 5.82 Å². The van der Waals surface area contributed by atoms with Crippen LogP contribution in [0.25, 0.3) is 0 Å². The molecule has 5 nitrogen and oxygen atoms in total. The minimum Gasteiger partial charge on any atom is -0.461 e. The SMILES string of the molecule is CNc1nc(CC(C)C)nc(OC(C)C)n1. The number of nitrogens with zero attached hydrogens (tertiary/aromatic N) is 3. The Labute approximate surface area is 96.7 Å². The fourth-order valence-corrected chi connectivity index (χ4v) is 1.23. The van der Waals surface area contributed by atoms with Crippen molar-refractivity contribution >= 4 is 5.95 Å². The van der Waals surface area contributed by atoms with Crippen LogP contribution in [0.5, 0.6) is 6.01 Å². The minimum atomic E-state index is 0.0685. The first-order valence-corrected chi connectivity index (χ1v) is 5.60. The summed E-state index contributed by atoms with van der Waals surface area (Å²) < 4.78 is 5.48. The third-order valence-electron chi connectivity index (χ3n) is 1.82. The van der Waals surface area contributed by atoms with Crippen molar-refractivity contribution in [2.45, 2.75) is 40.2 Å². The summed E-state index contributed by atoms with van der Waals surface area (Å²) in [5.74, 6) is 1.84. The molecule has 5 heteroatoms. The van der Waals surface area contributed by atoms with Crippen LogP contribution in [0.3, 0.4) is 0 Å². The van der Waals surface area contributed by atoms with Gasteiger partial charge in [0, 0.05) is 13.5 Å². The largest absolute Gasteiger partial charge is 0.461 e. The van der Waals surface area contributed by atoms with Gasteiger partial charge in [-0.1, -0.05) is 13.8 Å². The first-order valence-electron chi connectivity index (χ1n) is 5.60. The highest BCUT2D eigenvalue weighted by molar-refractivity contribution is 5.24. The summed E-state index contributed by atoms with van der Waals surface area (Å²) in [6.45, 7) is 8.16. The van der Waals surface area contributed by atoms with Gasteiger partial charge in [0.15, 0.2) is 0 Å². The maximum Gasteiger partial charge on any atom is 0.321 e. The van der Waals surface area contributed by atoms with Crippen LogP contribution in [0.2, 0.25) is 0 Å². The molecule has 0 amide bonds. The summed E-state index contributed by atoms with van der Waals surface area (Å²) in [7, 11) is 1.79. The Kier molecular flexibility index (Phi) is 4.46. The van der Waals surface area contributed by atoms with Crippen molar-refractivity contribution < 1.29 is 4.74 Å². The van der Waals surface area contributed by atoms with Gasteiger partial charge >= 0.3 is 6.01 Å². The molecule has 0 aromatic carbocycles. The first-order chi connectivity index (χ1) is 7.51. The van der Waals surface area contributed by atoms with Crippen LogP contribution in [-0.2, 0) is 6.42 Å². The van der Waals surface area contributed by atoms with E-state index in [0.29, 0.717) is 17.9 Å². The minimum absolute atomic E-state index is 0.0685. The summed E-state index contributed by atoms with van der Waals surface area (Å²) in [5, 5.41) is 2.91. The lowest BCUT2D eigenvalue weighted by molar-refractivity contribution is 0.220. The summed E-state index contributed by atoms with van der Waals surface area (Å²) in [4.78, 5) is 12.7. The van der Waals surface area contributed by atoms with E-state index in [1.807, 2.05) is 13.8 Å². The van der Waals surface area contributed by atoms with Crippen LogP contribution in [0.1, 0.15) is 33.5 Å². The molecule has 0 aliphatic heterocycles. The number of nitrogens with one attached hydrogen (secondary N) is 1. The third kappa shape index (κ3) is 4.00. The van der Waals surface area contributed by atoms with Crippen LogP contribution in [0.15, 0.2) is 0 Å². The van der Waals surface area contributed by atoms with Crippen molar-refractivity contribution in [1.29, 1.82) is 0 Å². The van der Waals surface area contributed by atoms with Gasteiger partial charge in [-0.15, -0.1) is 0 Å². The highest BCUT2D eigenvalue weighted by Crippen LogP contribution is 2.11. The van der Waals surface area contributed by atoms with Gasteiger partial charge in [0.05, 0.1) is 6.10 Å². The summed E-state index contributed by atoms with van der Waals surface area (Å²) in [5.41, 5.74) is 0. The predicted molar refractivity (Wildman–Crippen MR) is 63.7 cm³/mol. The number of ether oxygens (including phenoxy) is 1. The van der Waals surface area contributed by atoms with Gasteiger partial charge in [0.2, 0.25) is 5.95 Å². The normalized spacial score (nSPS) is 10.9. The van der Waals surface area contributed by atoms with E-state index < -0.39 is 0 Å².